The van der Waals surface area contributed by atoms with Crippen LogP contribution in [0.15, 0.2) is 36.4 Å². The highest BCUT2D eigenvalue weighted by molar-refractivity contribution is 14.1. The number of aromatic nitrogens is 1. The van der Waals surface area contributed by atoms with E-state index in [0.29, 0.717) is 11.4 Å². The molecule has 0 fully saturated rings. The van der Waals surface area contributed by atoms with Crippen molar-refractivity contribution >= 4 is 28.4 Å². The molecule has 90 valence electrons. The second-order valence-electron chi connectivity index (χ2n) is 3.74. The summed E-state index contributed by atoms with van der Waals surface area (Å²) in [6, 6.07) is 14.0. The van der Waals surface area contributed by atoms with Crippen molar-refractivity contribution in [3.63, 3.8) is 0 Å². The predicted molar refractivity (Wildman–Crippen MR) is 81.3 cm³/mol. The van der Waals surface area contributed by atoms with Crippen LogP contribution in [-0.2, 0) is 0 Å². The smallest absolute Gasteiger partial charge is 0.144 e. The summed E-state index contributed by atoms with van der Waals surface area (Å²) in [7, 11) is 0. The second-order valence-corrected chi connectivity index (χ2v) is 4.99. The van der Waals surface area contributed by atoms with Crippen molar-refractivity contribution in [3.05, 3.63) is 45.5 Å². The lowest BCUT2D eigenvalue weighted by Gasteiger charge is -2.07. The topological polar surface area (TPSA) is 48.7 Å². The predicted octanol–water partition coefficient (Wildman–Crippen LogP) is 3.66. The van der Waals surface area contributed by atoms with Gasteiger partial charge in [0.05, 0.1) is 11.3 Å². The maximum Gasteiger partial charge on any atom is 0.144 e. The summed E-state index contributed by atoms with van der Waals surface area (Å²) in [5.41, 5.74) is 2.51. The summed E-state index contributed by atoms with van der Waals surface area (Å²) in [6.45, 7) is 2.73. The minimum Gasteiger partial charge on any atom is -0.369 e. The number of hydrogen-bond acceptors (Lipinski definition) is 3. The molecule has 0 bridgehead atoms. The lowest BCUT2D eigenvalue weighted by molar-refractivity contribution is 1.15. The van der Waals surface area contributed by atoms with Crippen LogP contribution in [0.5, 0.6) is 0 Å². The molecule has 1 N–H and O–H groups in total. The van der Waals surface area contributed by atoms with Gasteiger partial charge >= 0.3 is 0 Å². The molecule has 0 aliphatic rings. The van der Waals surface area contributed by atoms with E-state index in [0.717, 1.165) is 17.8 Å². The van der Waals surface area contributed by atoms with Crippen LogP contribution < -0.4 is 5.32 Å². The zero-order chi connectivity index (χ0) is 13.0. The van der Waals surface area contributed by atoms with Gasteiger partial charge in [0.25, 0.3) is 0 Å². The van der Waals surface area contributed by atoms with E-state index in [1.54, 1.807) is 6.07 Å². The molecule has 0 saturated heterocycles. The van der Waals surface area contributed by atoms with Crippen LogP contribution in [0.25, 0.3) is 11.3 Å². The number of anilines is 1. The molecule has 0 radical (unpaired) electrons. The normalized spacial score (nSPS) is 9.83. The van der Waals surface area contributed by atoms with Crippen molar-refractivity contribution in [3.8, 4) is 17.3 Å². The average Bonchev–Trinajstić information content (AvgIpc) is 2.40. The van der Waals surface area contributed by atoms with Gasteiger partial charge in [-0.25, -0.2) is 4.98 Å². The molecule has 0 unspecified atom stereocenters. The van der Waals surface area contributed by atoms with E-state index >= 15 is 0 Å². The lowest BCUT2D eigenvalue weighted by atomic mass is 10.1. The molecule has 0 aliphatic carbocycles. The molecule has 18 heavy (non-hydrogen) atoms. The minimum absolute atomic E-state index is 0.575. The van der Waals surface area contributed by atoms with Gasteiger partial charge in [-0.2, -0.15) is 5.26 Å². The molecule has 0 amide bonds. The third kappa shape index (κ3) is 2.79. The molecule has 1 aromatic carbocycles. The van der Waals surface area contributed by atoms with Crippen molar-refractivity contribution in [1.82, 2.24) is 4.98 Å². The van der Waals surface area contributed by atoms with Gasteiger partial charge in [-0.3, -0.25) is 0 Å². The van der Waals surface area contributed by atoms with Gasteiger partial charge in [0.1, 0.15) is 11.9 Å². The number of halogens is 1. The van der Waals surface area contributed by atoms with E-state index in [2.05, 4.69) is 39.0 Å². The van der Waals surface area contributed by atoms with Gasteiger partial charge < -0.3 is 5.32 Å². The summed E-state index contributed by atoms with van der Waals surface area (Å²) in [5, 5.41) is 12.1. The molecule has 0 atom stereocenters. The van der Waals surface area contributed by atoms with Gasteiger partial charge in [-0.15, -0.1) is 0 Å². The molecule has 2 rings (SSSR count). The van der Waals surface area contributed by atoms with E-state index in [1.165, 1.54) is 3.57 Å². The van der Waals surface area contributed by atoms with E-state index < -0.39 is 0 Å². The van der Waals surface area contributed by atoms with Crippen molar-refractivity contribution in [2.45, 2.75) is 6.92 Å². The van der Waals surface area contributed by atoms with Crippen LogP contribution in [-0.4, -0.2) is 11.5 Å². The molecule has 3 nitrogen and oxygen atoms in total. The van der Waals surface area contributed by atoms with Crippen LogP contribution in [0.4, 0.5) is 5.82 Å². The first-order valence-electron chi connectivity index (χ1n) is 5.65. The molecule has 2 aromatic rings. The largest absolute Gasteiger partial charge is 0.369 e. The Hall–Kier alpha value is -1.61. The molecule has 1 heterocycles. The summed E-state index contributed by atoms with van der Waals surface area (Å²) in [4.78, 5) is 4.50. The third-order valence-electron chi connectivity index (χ3n) is 2.50. The standard InChI is InChI=1S/C14H12IN3/c1-2-17-14-11(9-16)5-8-13(18-14)10-3-6-12(15)7-4-10/h3-8H,2H2,1H3,(H,17,18). The zero-order valence-electron chi connectivity index (χ0n) is 9.94. The fourth-order valence-corrected chi connectivity index (χ4v) is 1.99. The highest BCUT2D eigenvalue weighted by Crippen LogP contribution is 2.22. The monoisotopic (exact) mass is 349 g/mol. The Bertz CT molecular complexity index is 585. The summed E-state index contributed by atoms with van der Waals surface area (Å²) >= 11 is 2.27. The first-order valence-corrected chi connectivity index (χ1v) is 6.73. The molecule has 0 saturated carbocycles. The van der Waals surface area contributed by atoms with Crippen LogP contribution in [0.1, 0.15) is 12.5 Å². The van der Waals surface area contributed by atoms with Gasteiger partial charge in [-0.05, 0) is 53.8 Å². The summed E-state index contributed by atoms with van der Waals surface area (Å²) in [5.74, 6) is 0.649. The maximum absolute atomic E-state index is 9.01. The Morgan fingerprint density at radius 2 is 1.94 bits per heavy atom. The fraction of sp³-hybridized carbons (Fsp3) is 0.143. The molecule has 4 heteroatoms. The lowest BCUT2D eigenvalue weighted by Crippen LogP contribution is -2.02. The van der Waals surface area contributed by atoms with E-state index in [-0.39, 0.29) is 0 Å². The molecule has 0 spiro atoms. The van der Waals surface area contributed by atoms with Crippen LogP contribution in [0.3, 0.4) is 0 Å². The number of nitrogens with zero attached hydrogens (tertiary/aromatic N) is 2. The van der Waals surface area contributed by atoms with Crippen molar-refractivity contribution in [2.75, 3.05) is 11.9 Å². The SMILES string of the molecule is CCNc1nc(-c2ccc(I)cc2)ccc1C#N. The number of rotatable bonds is 3. The van der Waals surface area contributed by atoms with E-state index in [4.69, 9.17) is 5.26 Å². The Morgan fingerprint density at radius 3 is 2.56 bits per heavy atom. The maximum atomic E-state index is 9.01. The molecular weight excluding hydrogens is 337 g/mol. The third-order valence-corrected chi connectivity index (χ3v) is 3.22. The Morgan fingerprint density at radius 1 is 1.22 bits per heavy atom. The van der Waals surface area contributed by atoms with Gasteiger partial charge in [0.15, 0.2) is 0 Å². The summed E-state index contributed by atoms with van der Waals surface area (Å²) in [6.07, 6.45) is 0. The Labute approximate surface area is 120 Å². The minimum atomic E-state index is 0.575. The van der Waals surface area contributed by atoms with Crippen molar-refractivity contribution < 1.29 is 0 Å². The highest BCUT2D eigenvalue weighted by atomic mass is 127. The van der Waals surface area contributed by atoms with Crippen LogP contribution >= 0.6 is 22.6 Å². The Balaban J connectivity index is 2.43. The Kier molecular flexibility index (Phi) is 4.15. The molecular formula is C14H12IN3. The fourth-order valence-electron chi connectivity index (χ4n) is 1.63. The zero-order valence-corrected chi connectivity index (χ0v) is 12.1. The molecule has 0 aliphatic heterocycles. The molecule has 1 aromatic heterocycles. The van der Waals surface area contributed by atoms with Gasteiger partial charge in [0, 0.05) is 15.7 Å². The first kappa shape index (κ1) is 12.8. The average molecular weight is 349 g/mol. The first-order chi connectivity index (χ1) is 8.74. The number of nitrogens with one attached hydrogen (secondary N) is 1. The van der Waals surface area contributed by atoms with E-state index in [1.807, 2.05) is 37.3 Å². The number of pyridine rings is 1. The van der Waals surface area contributed by atoms with Gasteiger partial charge in [0.2, 0.25) is 0 Å². The summed E-state index contributed by atoms with van der Waals surface area (Å²) < 4.78 is 1.19. The number of benzene rings is 1. The van der Waals surface area contributed by atoms with Crippen molar-refractivity contribution in [1.29, 1.82) is 5.26 Å². The van der Waals surface area contributed by atoms with Crippen molar-refractivity contribution in [2.24, 2.45) is 0 Å². The van der Waals surface area contributed by atoms with Gasteiger partial charge in [-0.1, -0.05) is 12.1 Å². The number of hydrogen-bond donors (Lipinski definition) is 1. The van der Waals surface area contributed by atoms with E-state index in [9.17, 15) is 0 Å². The highest BCUT2D eigenvalue weighted by Gasteiger charge is 2.06. The second kappa shape index (κ2) is 5.83. The quantitative estimate of drug-likeness (QED) is 0.861. The van der Waals surface area contributed by atoms with Crippen LogP contribution in [0, 0.1) is 14.9 Å². The number of nitriles is 1. The van der Waals surface area contributed by atoms with Crippen LogP contribution in [0.2, 0.25) is 0 Å².